The van der Waals surface area contributed by atoms with Crippen LogP contribution in [0.3, 0.4) is 0 Å². The van der Waals surface area contributed by atoms with Crippen LogP contribution in [0.15, 0.2) is 5.16 Å². The Hall–Kier alpha value is -1.14. The Morgan fingerprint density at radius 2 is 1.86 bits per heavy atom. The smallest absolute Gasteiger partial charge is 0.326 e. The van der Waals surface area contributed by atoms with Gasteiger partial charge in [0, 0.05) is 17.1 Å². The average molecular weight is 311 g/mol. The van der Waals surface area contributed by atoms with Crippen molar-refractivity contribution in [1.82, 2.24) is 15.3 Å². The molecule has 0 aliphatic heterocycles. The fourth-order valence-electron chi connectivity index (χ4n) is 1.82. The van der Waals surface area contributed by atoms with Gasteiger partial charge >= 0.3 is 5.97 Å². The van der Waals surface area contributed by atoms with Crippen molar-refractivity contribution in [3.05, 3.63) is 17.0 Å². The first-order chi connectivity index (χ1) is 9.84. The first-order valence-corrected chi connectivity index (χ1v) is 8.10. The Morgan fingerprint density at radius 1 is 1.29 bits per heavy atom. The number of aromatic nitrogens is 2. The Balaban J connectivity index is 2.84. The van der Waals surface area contributed by atoms with Crippen LogP contribution >= 0.6 is 11.8 Å². The Kier molecular flexibility index (Phi) is 6.61. The molecule has 0 fully saturated rings. The van der Waals surface area contributed by atoms with E-state index in [1.54, 1.807) is 0 Å². The van der Waals surface area contributed by atoms with Crippen molar-refractivity contribution >= 4 is 17.7 Å². The predicted molar refractivity (Wildman–Crippen MR) is 85.7 cm³/mol. The molecule has 1 unspecified atom stereocenters. The van der Waals surface area contributed by atoms with Crippen LogP contribution < -0.4 is 5.32 Å². The van der Waals surface area contributed by atoms with Crippen LogP contribution in [0.5, 0.6) is 0 Å². The Bertz CT molecular complexity index is 485. The first-order valence-electron chi connectivity index (χ1n) is 7.12. The SMILES string of the molecule is CCCNC(C)(CSc1nc(C)c(C)c(C)n1)C(=O)OC. The maximum absolute atomic E-state index is 12.0. The lowest BCUT2D eigenvalue weighted by atomic mass is 10.1. The van der Waals surface area contributed by atoms with Gasteiger partial charge in [0.1, 0.15) is 5.54 Å². The molecule has 5 nitrogen and oxygen atoms in total. The van der Waals surface area contributed by atoms with Crippen molar-refractivity contribution in [2.75, 3.05) is 19.4 Å². The van der Waals surface area contributed by atoms with Gasteiger partial charge in [0.05, 0.1) is 7.11 Å². The van der Waals surface area contributed by atoms with Crippen molar-refractivity contribution in [2.24, 2.45) is 0 Å². The molecule has 1 rings (SSSR count). The third kappa shape index (κ3) is 4.68. The van der Waals surface area contributed by atoms with Crippen LogP contribution in [0, 0.1) is 20.8 Å². The second-order valence-corrected chi connectivity index (χ2v) is 6.28. The highest BCUT2D eigenvalue weighted by molar-refractivity contribution is 7.99. The van der Waals surface area contributed by atoms with E-state index in [1.165, 1.54) is 18.9 Å². The predicted octanol–water partition coefficient (Wildman–Crippen LogP) is 2.43. The minimum Gasteiger partial charge on any atom is -0.468 e. The van der Waals surface area contributed by atoms with E-state index in [9.17, 15) is 4.79 Å². The molecule has 6 heteroatoms. The maximum atomic E-state index is 12.0. The number of rotatable bonds is 7. The zero-order valence-electron chi connectivity index (χ0n) is 13.7. The summed E-state index contributed by atoms with van der Waals surface area (Å²) in [5.41, 5.74) is 2.34. The second kappa shape index (κ2) is 7.75. The zero-order valence-corrected chi connectivity index (χ0v) is 14.6. The molecule has 1 aromatic heterocycles. The summed E-state index contributed by atoms with van der Waals surface area (Å²) in [5, 5.41) is 3.95. The van der Waals surface area contributed by atoms with Gasteiger partial charge in [0.15, 0.2) is 5.16 Å². The molecule has 118 valence electrons. The van der Waals surface area contributed by atoms with Crippen LogP contribution in [0.4, 0.5) is 0 Å². The molecule has 1 N–H and O–H groups in total. The van der Waals surface area contributed by atoms with Gasteiger partial charge in [-0.3, -0.25) is 4.79 Å². The molecule has 1 aromatic rings. The summed E-state index contributed by atoms with van der Waals surface area (Å²) < 4.78 is 4.91. The summed E-state index contributed by atoms with van der Waals surface area (Å²) in [6.07, 6.45) is 0.955. The van der Waals surface area contributed by atoms with E-state index in [0.29, 0.717) is 10.9 Å². The van der Waals surface area contributed by atoms with Crippen molar-refractivity contribution < 1.29 is 9.53 Å². The normalized spacial score (nSPS) is 13.8. The molecule has 1 atom stereocenters. The molecular formula is C15H25N3O2S. The third-order valence-corrected chi connectivity index (χ3v) is 4.67. The number of hydrogen-bond acceptors (Lipinski definition) is 6. The van der Waals surface area contributed by atoms with Crippen molar-refractivity contribution in [2.45, 2.75) is 51.7 Å². The summed E-state index contributed by atoms with van der Waals surface area (Å²) in [6, 6.07) is 0. The standard InChI is InChI=1S/C15H25N3O2S/c1-7-8-16-15(5,13(19)20-6)9-21-14-17-11(3)10(2)12(4)18-14/h16H,7-9H2,1-6H3. The molecule has 0 aliphatic rings. The van der Waals surface area contributed by atoms with Gasteiger partial charge in [-0.15, -0.1) is 0 Å². The van der Waals surface area contributed by atoms with Crippen LogP contribution in [0.1, 0.15) is 37.2 Å². The molecule has 0 aliphatic carbocycles. The molecule has 0 spiro atoms. The van der Waals surface area contributed by atoms with Crippen LogP contribution in [-0.4, -0.2) is 40.9 Å². The Labute approximate surface area is 131 Å². The van der Waals surface area contributed by atoms with Crippen LogP contribution in [0.25, 0.3) is 0 Å². The van der Waals surface area contributed by atoms with Crippen molar-refractivity contribution in [1.29, 1.82) is 0 Å². The van der Waals surface area contributed by atoms with Crippen LogP contribution in [0.2, 0.25) is 0 Å². The van der Waals surface area contributed by atoms with Crippen LogP contribution in [-0.2, 0) is 9.53 Å². The number of carbonyl (C=O) groups is 1. The molecule has 0 amide bonds. The van der Waals surface area contributed by atoms with Gasteiger partial charge in [-0.1, -0.05) is 18.7 Å². The lowest BCUT2D eigenvalue weighted by molar-refractivity contribution is -0.146. The molecule has 0 saturated heterocycles. The van der Waals surface area contributed by atoms with Gasteiger partial charge in [0.2, 0.25) is 0 Å². The quantitative estimate of drug-likeness (QED) is 0.474. The molecular weight excluding hydrogens is 286 g/mol. The van der Waals surface area contributed by atoms with Gasteiger partial charge < -0.3 is 10.1 Å². The zero-order chi connectivity index (χ0) is 16.0. The summed E-state index contributed by atoms with van der Waals surface area (Å²) in [7, 11) is 1.41. The molecule has 0 aromatic carbocycles. The largest absolute Gasteiger partial charge is 0.468 e. The number of esters is 1. The number of carbonyl (C=O) groups excluding carboxylic acids is 1. The van der Waals surface area contributed by atoms with Gasteiger partial charge in [-0.05, 0) is 46.2 Å². The number of thioether (sulfide) groups is 1. The second-order valence-electron chi connectivity index (χ2n) is 5.34. The lowest BCUT2D eigenvalue weighted by Gasteiger charge is -2.27. The van der Waals surface area contributed by atoms with E-state index in [1.807, 2.05) is 27.7 Å². The monoisotopic (exact) mass is 311 g/mol. The van der Waals surface area contributed by atoms with Gasteiger partial charge in [-0.25, -0.2) is 9.97 Å². The highest BCUT2D eigenvalue weighted by Crippen LogP contribution is 2.22. The topological polar surface area (TPSA) is 64.1 Å². The lowest BCUT2D eigenvalue weighted by Crippen LogP contribution is -2.52. The summed E-state index contributed by atoms with van der Waals surface area (Å²) in [5.74, 6) is 0.269. The van der Waals surface area contributed by atoms with Crippen molar-refractivity contribution in [3.8, 4) is 0 Å². The molecule has 0 bridgehead atoms. The van der Waals surface area contributed by atoms with Crippen molar-refractivity contribution in [3.63, 3.8) is 0 Å². The minimum atomic E-state index is -0.731. The Morgan fingerprint density at radius 3 is 2.33 bits per heavy atom. The van der Waals surface area contributed by atoms with Gasteiger partial charge in [0.25, 0.3) is 0 Å². The van der Waals surface area contributed by atoms with E-state index in [2.05, 4.69) is 22.2 Å². The summed E-state index contributed by atoms with van der Waals surface area (Å²) in [4.78, 5) is 21.0. The highest BCUT2D eigenvalue weighted by atomic mass is 32.2. The number of nitrogens with zero attached hydrogens (tertiary/aromatic N) is 2. The number of nitrogens with one attached hydrogen (secondary N) is 1. The molecule has 21 heavy (non-hydrogen) atoms. The van der Waals surface area contributed by atoms with E-state index in [-0.39, 0.29) is 5.97 Å². The molecule has 1 heterocycles. The van der Waals surface area contributed by atoms with E-state index in [0.717, 1.165) is 29.9 Å². The number of ether oxygens (including phenoxy) is 1. The maximum Gasteiger partial charge on any atom is 0.326 e. The van der Waals surface area contributed by atoms with E-state index >= 15 is 0 Å². The molecule has 0 radical (unpaired) electrons. The number of hydrogen-bond donors (Lipinski definition) is 1. The summed E-state index contributed by atoms with van der Waals surface area (Å²) in [6.45, 7) is 10.6. The fourth-order valence-corrected chi connectivity index (χ4v) is 2.86. The number of methoxy groups -OCH3 is 1. The number of aryl methyl sites for hydroxylation is 2. The van der Waals surface area contributed by atoms with Gasteiger partial charge in [-0.2, -0.15) is 0 Å². The average Bonchev–Trinajstić information content (AvgIpc) is 2.47. The third-order valence-electron chi connectivity index (χ3n) is 3.50. The minimum absolute atomic E-state index is 0.260. The van der Waals surface area contributed by atoms with E-state index in [4.69, 9.17) is 4.74 Å². The van der Waals surface area contributed by atoms with E-state index < -0.39 is 5.54 Å². The fraction of sp³-hybridized carbons (Fsp3) is 0.667. The highest BCUT2D eigenvalue weighted by Gasteiger charge is 2.34. The summed E-state index contributed by atoms with van der Waals surface area (Å²) >= 11 is 1.47. The first kappa shape index (κ1) is 17.9. The molecule has 0 saturated carbocycles.